The fourth-order valence-corrected chi connectivity index (χ4v) is 4.99. The van der Waals surface area contributed by atoms with Gasteiger partial charge in [0, 0.05) is 5.56 Å². The molecule has 0 atom stereocenters. The molecule has 37 heavy (non-hydrogen) atoms. The molecule has 1 aliphatic heterocycles. The van der Waals surface area contributed by atoms with Gasteiger partial charge in [0.25, 0.3) is 6.01 Å². The zero-order valence-corrected chi connectivity index (χ0v) is 22.2. The first-order valence-electron chi connectivity index (χ1n) is 13.5. The lowest BCUT2D eigenvalue weighted by molar-refractivity contribution is 0.179. The molecule has 3 aromatic rings. The highest BCUT2D eigenvalue weighted by molar-refractivity contribution is 5.83. The Bertz CT molecular complexity index is 1160. The van der Waals surface area contributed by atoms with Crippen molar-refractivity contribution in [1.29, 1.82) is 0 Å². The number of hydrogen-bond donors (Lipinski definition) is 3. The van der Waals surface area contributed by atoms with E-state index in [1.165, 1.54) is 31.5 Å². The third-order valence-corrected chi connectivity index (χ3v) is 7.21. The number of benzene rings is 1. The number of unbranched alkanes of at least 4 members (excludes halogenated alkanes) is 1. The Morgan fingerprint density at radius 1 is 1.14 bits per heavy atom. The number of nitrogens with zero attached hydrogens (tertiary/aromatic N) is 5. The predicted octanol–water partition coefficient (Wildman–Crippen LogP) is 3.34. The Balaban J connectivity index is 1.41. The molecular weight excluding hydrogens is 470 g/mol. The first-order valence-corrected chi connectivity index (χ1v) is 13.5. The van der Waals surface area contributed by atoms with Crippen LogP contribution in [0.2, 0.25) is 0 Å². The Morgan fingerprint density at radius 2 is 1.95 bits per heavy atom. The van der Waals surface area contributed by atoms with Gasteiger partial charge in [-0.05, 0) is 82.3 Å². The van der Waals surface area contributed by atoms with Gasteiger partial charge >= 0.3 is 6.01 Å². The van der Waals surface area contributed by atoms with Crippen LogP contribution in [0.15, 0.2) is 18.2 Å². The van der Waals surface area contributed by atoms with E-state index in [1.54, 1.807) is 11.7 Å². The molecule has 202 valence electrons. The number of ether oxygens (including phenoxy) is 2. The minimum absolute atomic E-state index is 0.177. The molecule has 0 aliphatic carbocycles. The largest absolute Gasteiger partial charge is 0.496 e. The summed E-state index contributed by atoms with van der Waals surface area (Å²) < 4.78 is 13.0. The number of nitrogen functional groups attached to an aromatic ring is 1. The summed E-state index contributed by atoms with van der Waals surface area (Å²) in [4.78, 5) is 15.4. The zero-order valence-electron chi connectivity index (χ0n) is 22.2. The standard InChI is InChI=1S/C27H41N7O3/c1-3-4-16-37-26-31-24(29)23-25(32-26)34(27(35)30-23)18-21-8-7-20(17-22(21)36-2)6-5-13-33-14-10-19(9-12-28)11-15-33/h7-8,17,19H,3-6,9-16,18,28H2,1-2H3,(H,30,35)(H2,29,31,32). The fourth-order valence-electron chi connectivity index (χ4n) is 4.99. The van der Waals surface area contributed by atoms with Crippen LogP contribution >= 0.6 is 0 Å². The monoisotopic (exact) mass is 511 g/mol. The highest BCUT2D eigenvalue weighted by atomic mass is 16.5. The summed E-state index contributed by atoms with van der Waals surface area (Å²) >= 11 is 0. The number of fused-ring (bicyclic) bond motifs is 1. The first-order chi connectivity index (χ1) is 18.0. The molecule has 0 amide bonds. The summed E-state index contributed by atoms with van der Waals surface area (Å²) in [5.74, 6) is 1.74. The Labute approximate surface area is 219 Å². The second-order valence-electron chi connectivity index (χ2n) is 9.88. The van der Waals surface area contributed by atoms with Gasteiger partial charge in [0.05, 0.1) is 20.3 Å². The molecule has 0 spiro atoms. The van der Waals surface area contributed by atoms with Crippen LogP contribution in [-0.2, 0) is 13.0 Å². The lowest BCUT2D eigenvalue weighted by atomic mass is 9.93. The second kappa shape index (κ2) is 12.9. The predicted molar refractivity (Wildman–Crippen MR) is 145 cm³/mol. The molecule has 5 N–H and O–H groups in total. The van der Waals surface area contributed by atoms with Gasteiger partial charge in [0.2, 0.25) is 0 Å². The maximum atomic E-state index is 10.6. The molecule has 0 radical (unpaired) electrons. The average Bonchev–Trinajstić information content (AvgIpc) is 3.21. The quantitative estimate of drug-likeness (QED) is 0.295. The van der Waals surface area contributed by atoms with E-state index in [1.807, 2.05) is 6.07 Å². The van der Waals surface area contributed by atoms with Gasteiger partial charge in [0.15, 0.2) is 17.0 Å². The number of piperidine rings is 1. The van der Waals surface area contributed by atoms with E-state index in [9.17, 15) is 5.11 Å². The van der Waals surface area contributed by atoms with Crippen LogP contribution in [0.3, 0.4) is 0 Å². The highest BCUT2D eigenvalue weighted by Crippen LogP contribution is 2.29. The van der Waals surface area contributed by atoms with Gasteiger partial charge in [0.1, 0.15) is 5.75 Å². The van der Waals surface area contributed by atoms with Crippen molar-refractivity contribution in [3.05, 3.63) is 29.3 Å². The van der Waals surface area contributed by atoms with E-state index in [4.69, 9.17) is 20.9 Å². The fraction of sp³-hybridized carbons (Fsp3) is 0.593. The number of aromatic nitrogens is 4. The van der Waals surface area contributed by atoms with Crippen molar-refractivity contribution in [2.24, 2.45) is 11.7 Å². The lowest BCUT2D eigenvalue weighted by Gasteiger charge is -2.31. The van der Waals surface area contributed by atoms with Crippen LogP contribution in [0.25, 0.3) is 11.2 Å². The Hall–Kier alpha value is -3.11. The molecule has 0 unspecified atom stereocenters. The van der Waals surface area contributed by atoms with Crippen LogP contribution in [-0.4, -0.2) is 69.4 Å². The van der Waals surface area contributed by atoms with E-state index < -0.39 is 0 Å². The highest BCUT2D eigenvalue weighted by Gasteiger charge is 2.20. The minimum atomic E-state index is -0.178. The second-order valence-corrected chi connectivity index (χ2v) is 9.88. The summed E-state index contributed by atoms with van der Waals surface area (Å²) in [6, 6.07) is 6.26. The molecular formula is C27H41N7O3. The number of likely N-dealkylation sites (tertiary alicyclic amines) is 1. The summed E-state index contributed by atoms with van der Waals surface area (Å²) in [5, 5.41) is 10.6. The molecule has 0 saturated carbocycles. The molecule has 4 rings (SSSR count). The minimum Gasteiger partial charge on any atom is -0.496 e. The van der Waals surface area contributed by atoms with Gasteiger partial charge in [-0.2, -0.15) is 15.0 Å². The maximum Gasteiger partial charge on any atom is 0.320 e. The van der Waals surface area contributed by atoms with Crippen molar-refractivity contribution >= 4 is 17.0 Å². The number of methoxy groups -OCH3 is 1. The number of hydrogen-bond acceptors (Lipinski definition) is 9. The first kappa shape index (κ1) is 26.9. The zero-order chi connectivity index (χ0) is 26.2. The SMILES string of the molecule is CCCCOc1nc(N)c2nc(O)n(Cc3ccc(CCCN4CCC(CCN)CC4)cc3OC)c2n1. The van der Waals surface area contributed by atoms with Crippen molar-refractivity contribution in [2.45, 2.75) is 58.4 Å². The van der Waals surface area contributed by atoms with Gasteiger partial charge < -0.3 is 30.9 Å². The van der Waals surface area contributed by atoms with E-state index in [2.05, 4.69) is 38.9 Å². The van der Waals surface area contributed by atoms with Gasteiger partial charge in [-0.3, -0.25) is 4.57 Å². The third kappa shape index (κ3) is 6.81. The smallest absolute Gasteiger partial charge is 0.320 e. The average molecular weight is 512 g/mol. The molecule has 1 saturated heterocycles. The van der Waals surface area contributed by atoms with Gasteiger partial charge in [-0.25, -0.2) is 0 Å². The van der Waals surface area contributed by atoms with Crippen LogP contribution in [0.5, 0.6) is 17.8 Å². The maximum absolute atomic E-state index is 10.6. The van der Waals surface area contributed by atoms with Crippen molar-refractivity contribution < 1.29 is 14.6 Å². The summed E-state index contributed by atoms with van der Waals surface area (Å²) in [5.41, 5.74) is 14.7. The van der Waals surface area contributed by atoms with Crippen molar-refractivity contribution in [3.63, 3.8) is 0 Å². The lowest BCUT2D eigenvalue weighted by Crippen LogP contribution is -2.35. The molecule has 1 aromatic carbocycles. The third-order valence-electron chi connectivity index (χ3n) is 7.21. The van der Waals surface area contributed by atoms with Gasteiger partial charge in [-0.15, -0.1) is 0 Å². The van der Waals surface area contributed by atoms with Crippen LogP contribution in [0.1, 0.15) is 56.6 Å². The van der Waals surface area contributed by atoms with Crippen LogP contribution in [0, 0.1) is 5.92 Å². The van der Waals surface area contributed by atoms with Crippen molar-refractivity contribution in [1.82, 2.24) is 24.4 Å². The molecule has 1 aliphatic rings. The summed E-state index contributed by atoms with van der Waals surface area (Å²) in [6.45, 7) is 7.18. The topological polar surface area (TPSA) is 138 Å². The number of imidazole rings is 1. The number of aryl methyl sites for hydroxylation is 1. The molecule has 0 bridgehead atoms. The molecule has 10 heteroatoms. The van der Waals surface area contributed by atoms with Crippen molar-refractivity contribution in [2.75, 3.05) is 45.6 Å². The van der Waals surface area contributed by atoms with Crippen LogP contribution < -0.4 is 20.9 Å². The summed E-state index contributed by atoms with van der Waals surface area (Å²) in [6.07, 6.45) is 7.66. The Kier molecular flexibility index (Phi) is 9.40. The number of nitrogens with two attached hydrogens (primary N) is 2. The number of anilines is 1. The molecule has 2 aromatic heterocycles. The molecule has 10 nitrogen and oxygen atoms in total. The van der Waals surface area contributed by atoms with E-state index in [0.717, 1.165) is 62.4 Å². The van der Waals surface area contributed by atoms with E-state index >= 15 is 0 Å². The van der Waals surface area contributed by atoms with Crippen LogP contribution in [0.4, 0.5) is 5.82 Å². The number of aromatic hydroxyl groups is 1. The Morgan fingerprint density at radius 3 is 2.68 bits per heavy atom. The van der Waals surface area contributed by atoms with E-state index in [-0.39, 0.29) is 17.8 Å². The number of rotatable bonds is 13. The van der Waals surface area contributed by atoms with E-state index in [0.29, 0.717) is 24.3 Å². The molecule has 1 fully saturated rings. The summed E-state index contributed by atoms with van der Waals surface area (Å²) in [7, 11) is 1.67. The van der Waals surface area contributed by atoms with Gasteiger partial charge in [-0.1, -0.05) is 25.5 Å². The molecule has 3 heterocycles. The van der Waals surface area contributed by atoms with Crippen molar-refractivity contribution in [3.8, 4) is 17.8 Å². The normalized spacial score (nSPS) is 14.9.